The lowest BCUT2D eigenvalue weighted by Crippen LogP contribution is -2.49. The van der Waals surface area contributed by atoms with E-state index < -0.39 is 11.8 Å². The van der Waals surface area contributed by atoms with Crippen molar-refractivity contribution in [2.45, 2.75) is 13.8 Å². The van der Waals surface area contributed by atoms with Crippen molar-refractivity contribution in [3.05, 3.63) is 0 Å². The zero-order chi connectivity index (χ0) is 11.3. The molecule has 0 atom stereocenters. The van der Waals surface area contributed by atoms with Crippen LogP contribution in [0.5, 0.6) is 0 Å². The summed E-state index contributed by atoms with van der Waals surface area (Å²) in [6.45, 7) is 6.98. The smallest absolute Gasteiger partial charge is 0.312 e. The molecule has 1 saturated heterocycles. The highest BCUT2D eigenvalue weighted by molar-refractivity contribution is 6.34. The third-order valence-corrected chi connectivity index (χ3v) is 2.53. The van der Waals surface area contributed by atoms with Crippen LogP contribution < -0.4 is 0 Å². The fraction of sp³-hybridized carbons (Fsp3) is 0.800. The van der Waals surface area contributed by atoms with E-state index in [9.17, 15) is 9.59 Å². The quantitative estimate of drug-likeness (QED) is 0.594. The summed E-state index contributed by atoms with van der Waals surface area (Å²) in [6, 6.07) is 0. The van der Waals surface area contributed by atoms with E-state index >= 15 is 0 Å². The van der Waals surface area contributed by atoms with E-state index in [4.69, 9.17) is 4.74 Å². The Morgan fingerprint density at radius 1 is 1.20 bits per heavy atom. The van der Waals surface area contributed by atoms with Gasteiger partial charge in [0.15, 0.2) is 0 Å². The number of ether oxygens (including phenoxy) is 1. The highest BCUT2D eigenvalue weighted by Crippen LogP contribution is 2.00. The van der Waals surface area contributed by atoms with Gasteiger partial charge in [-0.25, -0.2) is 0 Å². The van der Waals surface area contributed by atoms with Crippen molar-refractivity contribution in [1.29, 1.82) is 0 Å². The molecule has 1 heterocycles. The first-order valence-electron chi connectivity index (χ1n) is 5.36. The van der Waals surface area contributed by atoms with Gasteiger partial charge in [0.2, 0.25) is 0 Å². The summed E-state index contributed by atoms with van der Waals surface area (Å²) in [6.07, 6.45) is 0. The zero-order valence-corrected chi connectivity index (χ0v) is 9.36. The van der Waals surface area contributed by atoms with Gasteiger partial charge in [-0.1, -0.05) is 0 Å². The Hall–Kier alpha value is -1.10. The second kappa shape index (κ2) is 5.70. The fourth-order valence-corrected chi connectivity index (χ4v) is 1.55. The van der Waals surface area contributed by atoms with Gasteiger partial charge in [0.25, 0.3) is 0 Å². The van der Waals surface area contributed by atoms with Crippen LogP contribution in [0.15, 0.2) is 0 Å². The van der Waals surface area contributed by atoms with Gasteiger partial charge >= 0.3 is 11.8 Å². The van der Waals surface area contributed by atoms with Crippen molar-refractivity contribution in [1.82, 2.24) is 9.80 Å². The average Bonchev–Trinajstić information content (AvgIpc) is 2.30. The number of carbonyl (C=O) groups is 2. The molecule has 1 rings (SSSR count). The van der Waals surface area contributed by atoms with E-state index in [0.717, 1.165) is 0 Å². The van der Waals surface area contributed by atoms with E-state index in [1.165, 1.54) is 4.90 Å². The Morgan fingerprint density at radius 3 is 2.20 bits per heavy atom. The molecule has 0 spiro atoms. The normalized spacial score (nSPS) is 16.3. The molecule has 1 aliphatic rings. The first-order valence-corrected chi connectivity index (χ1v) is 5.36. The number of rotatable bonds is 2. The van der Waals surface area contributed by atoms with Crippen LogP contribution >= 0.6 is 0 Å². The summed E-state index contributed by atoms with van der Waals surface area (Å²) >= 11 is 0. The lowest BCUT2D eigenvalue weighted by atomic mass is 10.3. The number of likely N-dealkylation sites (N-methyl/N-ethyl adjacent to an activating group) is 1. The van der Waals surface area contributed by atoms with E-state index in [2.05, 4.69) is 0 Å². The average molecular weight is 214 g/mol. The van der Waals surface area contributed by atoms with Crippen LogP contribution in [-0.2, 0) is 14.3 Å². The van der Waals surface area contributed by atoms with Crippen molar-refractivity contribution < 1.29 is 14.3 Å². The Balaban J connectivity index is 2.54. The third-order valence-electron chi connectivity index (χ3n) is 2.53. The van der Waals surface area contributed by atoms with Crippen molar-refractivity contribution >= 4 is 11.8 Å². The van der Waals surface area contributed by atoms with Gasteiger partial charge in [-0.15, -0.1) is 0 Å². The molecule has 15 heavy (non-hydrogen) atoms. The highest BCUT2D eigenvalue weighted by Gasteiger charge is 2.26. The van der Waals surface area contributed by atoms with Crippen LogP contribution in [0.3, 0.4) is 0 Å². The maximum Gasteiger partial charge on any atom is 0.312 e. The monoisotopic (exact) mass is 214 g/mol. The summed E-state index contributed by atoms with van der Waals surface area (Å²) in [5.74, 6) is -0.802. The van der Waals surface area contributed by atoms with Crippen LogP contribution in [0.2, 0.25) is 0 Å². The van der Waals surface area contributed by atoms with Gasteiger partial charge in [-0.05, 0) is 13.8 Å². The van der Waals surface area contributed by atoms with Crippen molar-refractivity contribution in [3.8, 4) is 0 Å². The van der Waals surface area contributed by atoms with Crippen molar-refractivity contribution in [2.75, 3.05) is 39.4 Å². The molecular weight excluding hydrogens is 196 g/mol. The van der Waals surface area contributed by atoms with Crippen LogP contribution in [0.4, 0.5) is 0 Å². The largest absolute Gasteiger partial charge is 0.378 e. The maximum absolute atomic E-state index is 11.7. The standard InChI is InChI=1S/C10H18N2O3/c1-3-11(4-2)9(13)10(14)12-5-7-15-8-6-12/h3-8H2,1-2H3. The molecule has 0 saturated carbocycles. The minimum atomic E-state index is -0.401. The highest BCUT2D eigenvalue weighted by atomic mass is 16.5. The molecule has 0 unspecified atom stereocenters. The number of hydrogen-bond acceptors (Lipinski definition) is 3. The lowest BCUT2D eigenvalue weighted by molar-refractivity contribution is -0.153. The number of amides is 2. The molecule has 0 aliphatic carbocycles. The van der Waals surface area contributed by atoms with Crippen molar-refractivity contribution in [3.63, 3.8) is 0 Å². The Morgan fingerprint density at radius 2 is 1.73 bits per heavy atom. The molecule has 0 aromatic heterocycles. The summed E-state index contributed by atoms with van der Waals surface area (Å²) in [7, 11) is 0. The van der Waals surface area contributed by atoms with Gasteiger partial charge in [0.05, 0.1) is 13.2 Å². The molecule has 0 aromatic rings. The molecular formula is C10H18N2O3. The molecule has 5 nitrogen and oxygen atoms in total. The molecule has 0 bridgehead atoms. The third kappa shape index (κ3) is 2.92. The summed E-state index contributed by atoms with van der Waals surface area (Å²) in [4.78, 5) is 26.5. The minimum Gasteiger partial charge on any atom is -0.378 e. The van der Waals surface area contributed by atoms with Crippen LogP contribution in [-0.4, -0.2) is 61.0 Å². The van der Waals surface area contributed by atoms with Gasteiger partial charge in [0, 0.05) is 26.2 Å². The van der Waals surface area contributed by atoms with E-state index in [1.807, 2.05) is 13.8 Å². The predicted octanol–water partition coefficient (Wildman–Crippen LogP) is -0.286. The predicted molar refractivity (Wildman–Crippen MR) is 55.3 cm³/mol. The molecule has 0 aromatic carbocycles. The van der Waals surface area contributed by atoms with Crippen molar-refractivity contribution in [2.24, 2.45) is 0 Å². The number of hydrogen-bond donors (Lipinski definition) is 0. The Kier molecular flexibility index (Phi) is 4.55. The second-order valence-corrected chi connectivity index (χ2v) is 3.38. The van der Waals surface area contributed by atoms with Gasteiger partial charge in [-0.3, -0.25) is 9.59 Å². The molecule has 2 amide bonds. The van der Waals surface area contributed by atoms with Crippen LogP contribution in [0.25, 0.3) is 0 Å². The van der Waals surface area contributed by atoms with Gasteiger partial charge in [-0.2, -0.15) is 0 Å². The van der Waals surface area contributed by atoms with Crippen LogP contribution in [0.1, 0.15) is 13.8 Å². The minimum absolute atomic E-state index is 0.401. The SMILES string of the molecule is CCN(CC)C(=O)C(=O)N1CCOCC1. The van der Waals surface area contributed by atoms with Gasteiger partial charge in [0.1, 0.15) is 0 Å². The summed E-state index contributed by atoms with van der Waals surface area (Å²) < 4.78 is 5.12. The maximum atomic E-state index is 11.7. The summed E-state index contributed by atoms with van der Waals surface area (Å²) in [5.41, 5.74) is 0. The Bertz CT molecular complexity index is 233. The molecule has 86 valence electrons. The first-order chi connectivity index (χ1) is 7.20. The zero-order valence-electron chi connectivity index (χ0n) is 9.36. The second-order valence-electron chi connectivity index (χ2n) is 3.38. The molecule has 5 heteroatoms. The first kappa shape index (κ1) is 12.0. The van der Waals surface area contributed by atoms with Crippen LogP contribution in [0, 0.1) is 0 Å². The van der Waals surface area contributed by atoms with E-state index in [0.29, 0.717) is 39.4 Å². The number of carbonyl (C=O) groups excluding carboxylic acids is 2. The number of nitrogens with zero attached hydrogens (tertiary/aromatic N) is 2. The molecule has 0 radical (unpaired) electrons. The topological polar surface area (TPSA) is 49.9 Å². The van der Waals surface area contributed by atoms with Gasteiger partial charge < -0.3 is 14.5 Å². The fourth-order valence-electron chi connectivity index (χ4n) is 1.55. The van der Waals surface area contributed by atoms with E-state index in [1.54, 1.807) is 4.90 Å². The molecule has 1 aliphatic heterocycles. The lowest BCUT2D eigenvalue weighted by Gasteiger charge is -2.28. The van der Waals surface area contributed by atoms with E-state index in [-0.39, 0.29) is 0 Å². The summed E-state index contributed by atoms with van der Waals surface area (Å²) in [5, 5.41) is 0. The Labute approximate surface area is 90.0 Å². The number of morpholine rings is 1. The molecule has 1 fully saturated rings. The molecule has 0 N–H and O–H groups in total.